The van der Waals surface area contributed by atoms with Gasteiger partial charge in [-0.2, -0.15) is 4.67 Å². The first kappa shape index (κ1) is 22.3. The summed E-state index contributed by atoms with van der Waals surface area (Å²) in [7, 11) is -1.28. The van der Waals surface area contributed by atoms with E-state index in [1.54, 1.807) is 0 Å². The summed E-state index contributed by atoms with van der Waals surface area (Å²) in [4.78, 5) is 0. The summed E-state index contributed by atoms with van der Waals surface area (Å²) in [5.41, 5.74) is 2.40. The van der Waals surface area contributed by atoms with Crippen LogP contribution in [0.5, 0.6) is 0 Å². The molecule has 1 aromatic heterocycles. The van der Waals surface area contributed by atoms with Crippen molar-refractivity contribution in [2.45, 2.75) is 58.5 Å². The highest BCUT2D eigenvalue weighted by Gasteiger charge is 2.60. The molecule has 0 radical (unpaired) electrons. The first-order valence-corrected chi connectivity index (χ1v) is 15.1. The Morgan fingerprint density at radius 2 is 1.35 bits per heavy atom. The number of benzene rings is 4. The molecular formula is C33H34NO2P. The van der Waals surface area contributed by atoms with Crippen LogP contribution in [0.1, 0.15) is 46.5 Å². The molecule has 0 N–H and O–H groups in total. The Kier molecular flexibility index (Phi) is 4.74. The molecule has 3 nitrogen and oxygen atoms in total. The lowest BCUT2D eigenvalue weighted by Crippen LogP contribution is -2.64. The van der Waals surface area contributed by atoms with Gasteiger partial charge in [0, 0.05) is 22.9 Å². The zero-order valence-electron chi connectivity index (χ0n) is 21.9. The van der Waals surface area contributed by atoms with Gasteiger partial charge < -0.3 is 8.39 Å². The summed E-state index contributed by atoms with van der Waals surface area (Å²) in [6.07, 6.45) is 5.26. The van der Waals surface area contributed by atoms with Gasteiger partial charge in [0.05, 0.1) is 0 Å². The molecule has 5 atom stereocenters. The molecular weight excluding hydrogens is 473 g/mol. The minimum Gasteiger partial charge on any atom is -0.408 e. The minimum atomic E-state index is -1.28. The van der Waals surface area contributed by atoms with Gasteiger partial charge in [-0.15, -0.1) is 0 Å². The van der Waals surface area contributed by atoms with Crippen LogP contribution in [0.4, 0.5) is 0 Å². The van der Waals surface area contributed by atoms with Crippen LogP contribution in [-0.2, 0) is 0 Å². The lowest BCUT2D eigenvalue weighted by molar-refractivity contribution is -0.123. The van der Waals surface area contributed by atoms with Crippen molar-refractivity contribution in [3.63, 3.8) is 0 Å². The normalized spacial score (nSPS) is 28.9. The first-order chi connectivity index (χ1) is 18.0. The molecule has 5 aromatic rings. The molecule has 4 fully saturated rings. The van der Waals surface area contributed by atoms with E-state index in [4.69, 9.17) is 8.39 Å². The fourth-order valence-electron chi connectivity index (χ4n) is 8.24. The maximum absolute atomic E-state index is 7.03. The zero-order chi connectivity index (χ0) is 24.9. The zero-order valence-corrected chi connectivity index (χ0v) is 22.7. The predicted molar refractivity (Wildman–Crippen MR) is 156 cm³/mol. The van der Waals surface area contributed by atoms with Gasteiger partial charge in [0.25, 0.3) is 0 Å². The fourth-order valence-corrected chi connectivity index (χ4v) is 10.1. The summed E-state index contributed by atoms with van der Waals surface area (Å²) in [6.45, 7) is 7.42. The van der Waals surface area contributed by atoms with Crippen LogP contribution in [0.15, 0.2) is 81.2 Å². The number of hydrogen-bond donors (Lipinski definition) is 0. The Morgan fingerprint density at radius 3 is 1.95 bits per heavy atom. The van der Waals surface area contributed by atoms with Gasteiger partial charge in [-0.1, -0.05) is 74.5 Å². The van der Waals surface area contributed by atoms with Crippen LogP contribution in [0.3, 0.4) is 0 Å². The average Bonchev–Trinajstić information content (AvgIpc) is 3.09. The fraction of sp³-hybridized carbons (Fsp3) is 0.394. The van der Waals surface area contributed by atoms with E-state index in [-0.39, 0.29) is 0 Å². The van der Waals surface area contributed by atoms with Crippen molar-refractivity contribution in [1.82, 2.24) is 0 Å². The minimum absolute atomic E-state index is 0.457. The third-order valence-electron chi connectivity index (χ3n) is 10.4. The van der Waals surface area contributed by atoms with Crippen LogP contribution in [0, 0.1) is 23.2 Å². The lowest BCUT2D eigenvalue weighted by Gasteiger charge is -2.65. The van der Waals surface area contributed by atoms with Gasteiger partial charge in [0.1, 0.15) is 11.2 Å². The van der Waals surface area contributed by atoms with Gasteiger partial charge in [-0.3, -0.25) is 0 Å². The standard InChI is InChI=1S/C33H34NO2P/c1-20-12-15-26-27-18-23(33(27,2)3)19-28(26)34(20)37-35-29-16-13-21-8-4-6-10-24(21)31(29)32-25-11-7-5-9-22(25)14-17-30(32)36-37/h4-11,13-14,16-17,20,23,26-28H,12,15,18-19H2,1-3H3/t20-,23+,26+,27+,28-/m1/s1. The largest absolute Gasteiger partial charge is 0.408 e. The summed E-state index contributed by atoms with van der Waals surface area (Å²) < 4.78 is 16.7. The number of fused-ring (bicyclic) bond motifs is 7. The molecule has 0 amide bonds. The maximum Gasteiger partial charge on any atom is 0.310 e. The van der Waals surface area contributed by atoms with Crippen LogP contribution in [0.25, 0.3) is 43.5 Å². The van der Waals surface area contributed by atoms with Gasteiger partial charge >= 0.3 is 8.16 Å². The molecule has 37 heavy (non-hydrogen) atoms. The molecule has 1 saturated heterocycles. The van der Waals surface area contributed by atoms with Crippen LogP contribution >= 0.6 is 8.16 Å². The van der Waals surface area contributed by atoms with Crippen molar-refractivity contribution in [2.24, 2.45) is 23.2 Å². The third kappa shape index (κ3) is 3.11. The SMILES string of the molecule is C[C@@H]1CC[C@@H]2[C@@H](C[C@@H]3C[C@@H]2C3(C)C)N1p1oc2ccc3ccccc3c2c2c(ccc3ccccc32)o1. The van der Waals surface area contributed by atoms with E-state index < -0.39 is 8.16 Å². The van der Waals surface area contributed by atoms with E-state index in [2.05, 4.69) is 98.2 Å². The quantitative estimate of drug-likeness (QED) is 0.226. The van der Waals surface area contributed by atoms with E-state index in [0.29, 0.717) is 17.5 Å². The number of nitrogens with zero attached hydrogens (tertiary/aromatic N) is 1. The molecule has 2 heterocycles. The molecule has 188 valence electrons. The van der Waals surface area contributed by atoms with E-state index in [0.717, 1.165) is 28.9 Å². The predicted octanol–water partition coefficient (Wildman–Crippen LogP) is 9.77. The van der Waals surface area contributed by atoms with E-state index in [9.17, 15) is 0 Å². The average molecular weight is 508 g/mol. The molecule has 0 spiro atoms. The van der Waals surface area contributed by atoms with Gasteiger partial charge in [-0.05, 0) is 89.5 Å². The molecule has 4 aromatic carbocycles. The Bertz CT molecular complexity index is 1640. The van der Waals surface area contributed by atoms with E-state index >= 15 is 0 Å². The summed E-state index contributed by atoms with van der Waals surface area (Å²) in [6, 6.07) is 27.1. The second kappa shape index (κ2) is 7.88. The van der Waals surface area contributed by atoms with Crippen molar-refractivity contribution < 1.29 is 8.39 Å². The Balaban J connectivity index is 1.44. The highest BCUT2D eigenvalue weighted by atomic mass is 31.1. The van der Waals surface area contributed by atoms with Crippen molar-refractivity contribution in [3.05, 3.63) is 72.8 Å². The monoisotopic (exact) mass is 507 g/mol. The Labute approximate surface area is 219 Å². The summed E-state index contributed by atoms with van der Waals surface area (Å²) in [5, 5.41) is 7.26. The molecule has 3 aliphatic carbocycles. The molecule has 0 unspecified atom stereocenters. The molecule has 3 saturated carbocycles. The van der Waals surface area contributed by atoms with E-state index in [1.165, 1.54) is 58.0 Å². The molecule has 4 aliphatic rings. The number of hydrogen-bond acceptors (Lipinski definition) is 3. The molecule has 9 rings (SSSR count). The van der Waals surface area contributed by atoms with Crippen LogP contribution in [-0.4, -0.2) is 12.1 Å². The third-order valence-corrected chi connectivity index (χ3v) is 12.1. The second-order valence-corrected chi connectivity index (χ2v) is 13.7. The van der Waals surface area contributed by atoms with E-state index in [1.807, 2.05) is 0 Å². The number of rotatable bonds is 1. The first-order valence-electron chi connectivity index (χ1n) is 14.0. The Morgan fingerprint density at radius 1 is 0.757 bits per heavy atom. The molecule has 1 aliphatic heterocycles. The van der Waals surface area contributed by atoms with Crippen molar-refractivity contribution in [1.29, 1.82) is 0 Å². The van der Waals surface area contributed by atoms with Gasteiger partial charge in [0.15, 0.2) is 0 Å². The van der Waals surface area contributed by atoms with Crippen molar-refractivity contribution in [2.75, 3.05) is 4.67 Å². The highest BCUT2D eigenvalue weighted by Crippen LogP contribution is 2.65. The molecule has 4 heteroatoms. The summed E-state index contributed by atoms with van der Waals surface area (Å²) >= 11 is 0. The topological polar surface area (TPSA) is 29.5 Å². The molecule has 2 bridgehead atoms. The maximum atomic E-state index is 7.03. The number of piperidine rings is 1. The van der Waals surface area contributed by atoms with Crippen LogP contribution in [0.2, 0.25) is 0 Å². The lowest BCUT2D eigenvalue weighted by atomic mass is 9.43. The van der Waals surface area contributed by atoms with Gasteiger partial charge in [-0.25, -0.2) is 0 Å². The Hall–Kier alpha value is -2.74. The van der Waals surface area contributed by atoms with Crippen LogP contribution < -0.4 is 4.67 Å². The second-order valence-electron chi connectivity index (χ2n) is 12.4. The highest BCUT2D eigenvalue weighted by molar-refractivity contribution is 7.39. The summed E-state index contributed by atoms with van der Waals surface area (Å²) in [5.74, 6) is 2.41. The van der Waals surface area contributed by atoms with Gasteiger partial charge in [0.2, 0.25) is 0 Å². The smallest absolute Gasteiger partial charge is 0.310 e. The van der Waals surface area contributed by atoms with Crippen molar-refractivity contribution in [3.8, 4) is 0 Å². The van der Waals surface area contributed by atoms with Crippen molar-refractivity contribution >= 4 is 51.6 Å².